The van der Waals surface area contributed by atoms with Crippen molar-refractivity contribution >= 4 is 22.6 Å². The van der Waals surface area contributed by atoms with Crippen LogP contribution >= 0.6 is 0 Å². The summed E-state index contributed by atoms with van der Waals surface area (Å²) < 4.78 is 6.31. The number of hydrogen-bond donors (Lipinski definition) is 3. The number of carbonyl (C=O) groups is 1. The van der Waals surface area contributed by atoms with Gasteiger partial charge >= 0.3 is 5.97 Å². The molecule has 0 bridgehead atoms. The number of carbonyl (C=O) groups excluding carboxylic acids is 1. The average molecular weight is 264 g/mol. The Labute approximate surface area is 109 Å². The van der Waals surface area contributed by atoms with Crippen LogP contribution in [0.5, 0.6) is 0 Å². The highest BCUT2D eigenvalue weighted by Crippen LogP contribution is 2.24. The van der Waals surface area contributed by atoms with E-state index in [0.29, 0.717) is 23.2 Å². The molecule has 1 aromatic carbocycles. The Morgan fingerprint density at radius 2 is 2.32 bits per heavy atom. The van der Waals surface area contributed by atoms with Gasteiger partial charge in [-0.05, 0) is 25.1 Å². The van der Waals surface area contributed by atoms with Crippen molar-refractivity contribution in [2.24, 2.45) is 5.73 Å². The molecule has 102 valence electrons. The molecule has 0 aliphatic carbocycles. The molecule has 0 saturated heterocycles. The van der Waals surface area contributed by atoms with Crippen LogP contribution in [0, 0.1) is 0 Å². The van der Waals surface area contributed by atoms with Crippen molar-refractivity contribution < 1.29 is 14.6 Å². The Morgan fingerprint density at radius 1 is 1.58 bits per heavy atom. The van der Waals surface area contributed by atoms with Gasteiger partial charge in [0.2, 0.25) is 0 Å². The van der Waals surface area contributed by atoms with Gasteiger partial charge in [0.15, 0.2) is 0 Å². The normalized spacial score (nSPS) is 12.6. The van der Waals surface area contributed by atoms with Gasteiger partial charge in [-0.25, -0.2) is 0 Å². The number of nitrogen functional groups attached to an aromatic ring is 1. The molecular weight excluding hydrogens is 248 g/mol. The first-order chi connectivity index (χ1) is 9.02. The van der Waals surface area contributed by atoms with E-state index >= 15 is 0 Å². The van der Waals surface area contributed by atoms with Gasteiger partial charge in [-0.3, -0.25) is 9.48 Å². The van der Waals surface area contributed by atoms with Gasteiger partial charge in [0, 0.05) is 11.1 Å². The van der Waals surface area contributed by atoms with Crippen LogP contribution < -0.4 is 11.5 Å². The zero-order chi connectivity index (χ0) is 14.0. The Hall–Kier alpha value is -2.12. The average Bonchev–Trinajstić information content (AvgIpc) is 2.67. The lowest BCUT2D eigenvalue weighted by Gasteiger charge is -2.03. The van der Waals surface area contributed by atoms with Crippen molar-refractivity contribution in [3.05, 3.63) is 23.9 Å². The summed E-state index contributed by atoms with van der Waals surface area (Å²) in [6.45, 7) is 1.99. The van der Waals surface area contributed by atoms with E-state index in [1.54, 1.807) is 25.1 Å². The van der Waals surface area contributed by atoms with Crippen molar-refractivity contribution in [2.45, 2.75) is 19.7 Å². The number of ether oxygens (including phenoxy) is 1. The zero-order valence-electron chi connectivity index (χ0n) is 10.5. The van der Waals surface area contributed by atoms with Gasteiger partial charge in [0.05, 0.1) is 12.1 Å². The van der Waals surface area contributed by atoms with Crippen molar-refractivity contribution in [3.8, 4) is 0 Å². The molecule has 0 aliphatic rings. The molecule has 0 saturated carbocycles. The summed E-state index contributed by atoms with van der Waals surface area (Å²) in [4.78, 5) is 11.5. The number of fused-ring (bicyclic) bond motifs is 1. The number of anilines is 1. The summed E-state index contributed by atoms with van der Waals surface area (Å²) in [5.41, 5.74) is 12.6. The first kappa shape index (κ1) is 13.3. The number of nitrogens with zero attached hydrogens (tertiary/aromatic N) is 2. The highest BCUT2D eigenvalue weighted by atomic mass is 16.5. The molecule has 7 heteroatoms. The number of hydrogen-bond acceptors (Lipinski definition) is 6. The van der Waals surface area contributed by atoms with Crippen molar-refractivity contribution in [2.75, 3.05) is 12.3 Å². The number of benzene rings is 1. The maximum atomic E-state index is 11.5. The Kier molecular flexibility index (Phi) is 3.68. The molecule has 2 aromatic rings. The molecule has 7 nitrogen and oxygen atoms in total. The fourth-order valence-electron chi connectivity index (χ4n) is 1.89. The van der Waals surface area contributed by atoms with E-state index in [-0.39, 0.29) is 12.2 Å². The van der Waals surface area contributed by atoms with E-state index in [0.717, 1.165) is 0 Å². The largest absolute Gasteiger partial charge is 0.465 e. The minimum Gasteiger partial charge on any atom is -0.465 e. The molecule has 0 aliphatic heterocycles. The quantitative estimate of drug-likeness (QED) is 0.410. The smallest absolute Gasteiger partial charge is 0.327 e. The molecule has 1 unspecified atom stereocenters. The Balaban J connectivity index is 2.47. The van der Waals surface area contributed by atoms with Crippen LogP contribution in [0.3, 0.4) is 0 Å². The van der Waals surface area contributed by atoms with Gasteiger partial charge < -0.3 is 21.3 Å². The first-order valence-electron chi connectivity index (χ1n) is 5.88. The third kappa shape index (κ3) is 2.67. The summed E-state index contributed by atoms with van der Waals surface area (Å²) in [5, 5.41) is 14.3. The van der Waals surface area contributed by atoms with E-state index in [4.69, 9.17) is 16.2 Å². The summed E-state index contributed by atoms with van der Waals surface area (Å²) in [7, 11) is 0. The van der Waals surface area contributed by atoms with E-state index in [1.807, 2.05) is 0 Å². The number of aliphatic hydroxyl groups is 1. The van der Waals surface area contributed by atoms with Crippen LogP contribution in [-0.4, -0.2) is 27.5 Å². The van der Waals surface area contributed by atoms with Gasteiger partial charge in [0.25, 0.3) is 0 Å². The third-order valence-corrected chi connectivity index (χ3v) is 2.67. The second-order valence-electron chi connectivity index (χ2n) is 4.07. The maximum absolute atomic E-state index is 11.5. The number of aliphatic hydroxyl groups excluding tert-OH is 1. The number of esters is 1. The van der Waals surface area contributed by atoms with E-state index < -0.39 is 12.2 Å². The fraction of sp³-hybridized carbons (Fsp3) is 0.333. The second-order valence-corrected chi connectivity index (χ2v) is 4.07. The molecule has 1 atom stereocenters. The minimum atomic E-state index is -1.23. The van der Waals surface area contributed by atoms with Crippen LogP contribution in [0.15, 0.2) is 18.2 Å². The summed E-state index contributed by atoms with van der Waals surface area (Å²) in [6.07, 6.45) is -1.23. The number of rotatable bonds is 4. The van der Waals surface area contributed by atoms with E-state index in [2.05, 4.69) is 5.10 Å². The lowest BCUT2D eigenvalue weighted by atomic mass is 10.2. The van der Waals surface area contributed by atoms with Crippen molar-refractivity contribution in [3.63, 3.8) is 0 Å². The highest BCUT2D eigenvalue weighted by Gasteiger charge is 2.16. The molecule has 19 heavy (non-hydrogen) atoms. The summed E-state index contributed by atoms with van der Waals surface area (Å²) in [5.74, 6) is -0.401. The van der Waals surface area contributed by atoms with Gasteiger partial charge in [-0.1, -0.05) is 0 Å². The van der Waals surface area contributed by atoms with Gasteiger partial charge in [-0.2, -0.15) is 5.10 Å². The predicted octanol–water partition coefficient (Wildman–Crippen LogP) is 0.131. The van der Waals surface area contributed by atoms with Gasteiger partial charge in [0.1, 0.15) is 18.5 Å². The topological polar surface area (TPSA) is 116 Å². The van der Waals surface area contributed by atoms with Crippen molar-refractivity contribution in [1.29, 1.82) is 0 Å². The third-order valence-electron chi connectivity index (χ3n) is 2.67. The lowest BCUT2D eigenvalue weighted by molar-refractivity contribution is -0.143. The lowest BCUT2D eigenvalue weighted by Crippen LogP contribution is -2.15. The van der Waals surface area contributed by atoms with Crippen LogP contribution in [-0.2, 0) is 16.1 Å². The van der Waals surface area contributed by atoms with E-state index in [1.165, 1.54) is 4.68 Å². The molecule has 5 N–H and O–H groups in total. The molecule has 0 fully saturated rings. The Bertz CT molecular complexity index is 606. The van der Waals surface area contributed by atoms with Crippen LogP contribution in [0.4, 0.5) is 5.69 Å². The maximum Gasteiger partial charge on any atom is 0.327 e. The molecule has 0 spiro atoms. The molecule has 0 radical (unpaired) electrons. The van der Waals surface area contributed by atoms with Crippen LogP contribution in [0.25, 0.3) is 10.9 Å². The number of aromatic nitrogens is 2. The monoisotopic (exact) mass is 264 g/mol. The molecule has 1 heterocycles. The number of nitrogens with two attached hydrogens (primary N) is 2. The second kappa shape index (κ2) is 5.25. The molecule has 2 rings (SSSR count). The molecule has 0 amide bonds. The molecular formula is C12H16N4O3. The van der Waals surface area contributed by atoms with E-state index in [9.17, 15) is 9.90 Å². The van der Waals surface area contributed by atoms with Crippen LogP contribution in [0.2, 0.25) is 0 Å². The predicted molar refractivity (Wildman–Crippen MR) is 69.9 cm³/mol. The fourth-order valence-corrected chi connectivity index (χ4v) is 1.89. The standard InChI is InChI=1S/C12H16N4O3/c1-2-19-10(17)6-16-9-4-3-7(13)5-8(9)11(15-16)12(14)18/h3-5,12,18H,2,6,13-14H2,1H3. The first-order valence-corrected chi connectivity index (χ1v) is 5.88. The van der Waals surface area contributed by atoms with Crippen LogP contribution in [0.1, 0.15) is 18.8 Å². The minimum absolute atomic E-state index is 0.0407. The Morgan fingerprint density at radius 3 is 2.95 bits per heavy atom. The summed E-state index contributed by atoms with van der Waals surface area (Å²) in [6, 6.07) is 5.08. The molecule has 1 aromatic heterocycles. The zero-order valence-corrected chi connectivity index (χ0v) is 10.5. The summed E-state index contributed by atoms with van der Waals surface area (Å²) >= 11 is 0. The van der Waals surface area contributed by atoms with Gasteiger partial charge in [-0.15, -0.1) is 0 Å². The van der Waals surface area contributed by atoms with Crippen molar-refractivity contribution in [1.82, 2.24) is 9.78 Å². The highest BCUT2D eigenvalue weighted by molar-refractivity contribution is 5.86. The SMILES string of the molecule is CCOC(=O)Cn1nc(C(N)O)c2cc(N)ccc21.